The molecule has 3 rings (SSSR count). The van der Waals surface area contributed by atoms with E-state index >= 15 is 0 Å². The first kappa shape index (κ1) is 17.1. The van der Waals surface area contributed by atoms with E-state index in [9.17, 15) is 4.79 Å². The first-order valence-electron chi connectivity index (χ1n) is 7.19. The van der Waals surface area contributed by atoms with Gasteiger partial charge in [0.05, 0.1) is 21.7 Å². The Morgan fingerprint density at radius 3 is 2.92 bits per heavy atom. The van der Waals surface area contributed by atoms with Crippen molar-refractivity contribution in [1.29, 1.82) is 0 Å². The number of hydrazone groups is 1. The van der Waals surface area contributed by atoms with Crippen LogP contribution in [0.15, 0.2) is 62.4 Å². The van der Waals surface area contributed by atoms with Gasteiger partial charge in [-0.1, -0.05) is 52.0 Å². The average molecular weight is 420 g/mol. The van der Waals surface area contributed by atoms with Crippen LogP contribution < -0.4 is 5.43 Å². The molecule has 0 unspecified atom stereocenters. The monoisotopic (exact) mass is 419 g/mol. The van der Waals surface area contributed by atoms with E-state index in [1.807, 2.05) is 55.5 Å². The van der Waals surface area contributed by atoms with Crippen LogP contribution in [-0.2, 0) is 4.79 Å². The third kappa shape index (κ3) is 4.43. The number of benzene rings is 2. The summed E-state index contributed by atoms with van der Waals surface area (Å²) in [6, 6.07) is 15.7. The van der Waals surface area contributed by atoms with Gasteiger partial charge in [0, 0.05) is 4.47 Å². The lowest BCUT2D eigenvalue weighted by Crippen LogP contribution is -2.21. The summed E-state index contributed by atoms with van der Waals surface area (Å²) in [5.74, 6) is 0.142. The van der Waals surface area contributed by atoms with Gasteiger partial charge in [0.2, 0.25) is 0 Å². The summed E-state index contributed by atoms with van der Waals surface area (Å²) in [6.07, 6.45) is 0. The third-order valence-corrected chi connectivity index (χ3v) is 5.86. The second-order valence-electron chi connectivity index (χ2n) is 4.98. The van der Waals surface area contributed by atoms with Crippen molar-refractivity contribution >= 4 is 60.9 Å². The van der Waals surface area contributed by atoms with Gasteiger partial charge in [-0.2, -0.15) is 5.10 Å². The van der Waals surface area contributed by atoms with Crippen molar-refractivity contribution in [2.45, 2.75) is 11.3 Å². The van der Waals surface area contributed by atoms with Gasteiger partial charge in [-0.15, -0.1) is 11.3 Å². The van der Waals surface area contributed by atoms with E-state index in [1.165, 1.54) is 11.8 Å². The van der Waals surface area contributed by atoms with Crippen LogP contribution in [0, 0.1) is 0 Å². The normalized spacial score (nSPS) is 11.7. The Kier molecular flexibility index (Phi) is 5.65. The summed E-state index contributed by atoms with van der Waals surface area (Å²) in [5, 5.41) is 4.16. The minimum atomic E-state index is -0.145. The van der Waals surface area contributed by atoms with Gasteiger partial charge >= 0.3 is 0 Å². The SMILES string of the molecule is C/C(=N\NC(=O)CSc1nc2ccccc2s1)c1cccc(Br)c1. The maximum atomic E-state index is 12.0. The number of rotatable bonds is 5. The van der Waals surface area contributed by atoms with Gasteiger partial charge in [0.25, 0.3) is 5.91 Å². The van der Waals surface area contributed by atoms with E-state index in [1.54, 1.807) is 11.3 Å². The summed E-state index contributed by atoms with van der Waals surface area (Å²) in [5.41, 5.74) is 5.28. The zero-order valence-corrected chi connectivity index (χ0v) is 16.0. The van der Waals surface area contributed by atoms with E-state index in [2.05, 4.69) is 31.4 Å². The highest BCUT2D eigenvalue weighted by Crippen LogP contribution is 2.28. The highest BCUT2D eigenvalue weighted by Gasteiger charge is 2.07. The van der Waals surface area contributed by atoms with Gasteiger partial charge in [-0.25, -0.2) is 10.4 Å². The molecule has 122 valence electrons. The molecule has 0 aliphatic rings. The second kappa shape index (κ2) is 7.92. The van der Waals surface area contributed by atoms with Gasteiger partial charge in [-0.05, 0) is 36.8 Å². The smallest absolute Gasteiger partial charge is 0.250 e. The molecule has 7 heteroatoms. The molecule has 1 N–H and O–H groups in total. The van der Waals surface area contributed by atoms with Crippen molar-refractivity contribution < 1.29 is 4.79 Å². The summed E-state index contributed by atoms with van der Waals surface area (Å²) >= 11 is 6.44. The molecule has 1 heterocycles. The fraction of sp³-hybridized carbons (Fsp3) is 0.118. The van der Waals surface area contributed by atoms with Crippen LogP contribution in [0.3, 0.4) is 0 Å². The fourth-order valence-corrected chi connectivity index (χ4v) is 4.26. The molecule has 2 aromatic carbocycles. The number of thiazole rings is 1. The van der Waals surface area contributed by atoms with Crippen LogP contribution in [0.5, 0.6) is 0 Å². The maximum absolute atomic E-state index is 12.0. The van der Waals surface area contributed by atoms with Crippen LogP contribution in [0.4, 0.5) is 0 Å². The minimum Gasteiger partial charge on any atom is -0.272 e. The van der Waals surface area contributed by atoms with E-state index in [0.29, 0.717) is 0 Å². The molecule has 0 saturated heterocycles. The van der Waals surface area contributed by atoms with Crippen molar-refractivity contribution in [1.82, 2.24) is 10.4 Å². The lowest BCUT2D eigenvalue weighted by molar-refractivity contribution is -0.118. The Morgan fingerprint density at radius 2 is 2.12 bits per heavy atom. The Bertz CT molecular complexity index is 874. The van der Waals surface area contributed by atoms with Crippen LogP contribution in [0.2, 0.25) is 0 Å². The van der Waals surface area contributed by atoms with Crippen LogP contribution in [-0.4, -0.2) is 22.4 Å². The topological polar surface area (TPSA) is 54.4 Å². The molecular weight excluding hydrogens is 406 g/mol. The molecule has 4 nitrogen and oxygen atoms in total. The molecule has 0 aliphatic heterocycles. The molecule has 0 bridgehead atoms. The molecular formula is C17H14BrN3OS2. The first-order chi connectivity index (χ1) is 11.6. The molecule has 3 aromatic rings. The lowest BCUT2D eigenvalue weighted by Gasteiger charge is -2.03. The van der Waals surface area contributed by atoms with Crippen molar-refractivity contribution in [2.75, 3.05) is 5.75 Å². The molecule has 0 aliphatic carbocycles. The second-order valence-corrected chi connectivity index (χ2v) is 8.15. The molecule has 1 amide bonds. The summed E-state index contributed by atoms with van der Waals surface area (Å²) in [7, 11) is 0. The number of halogens is 1. The highest BCUT2D eigenvalue weighted by atomic mass is 79.9. The molecule has 0 radical (unpaired) electrons. The number of para-hydroxylation sites is 1. The number of hydrogen-bond donors (Lipinski definition) is 1. The number of thioether (sulfide) groups is 1. The number of aromatic nitrogens is 1. The van der Waals surface area contributed by atoms with Crippen molar-refractivity contribution in [2.24, 2.45) is 5.10 Å². The number of nitrogens with zero attached hydrogens (tertiary/aromatic N) is 2. The van der Waals surface area contributed by atoms with E-state index in [4.69, 9.17) is 0 Å². The molecule has 0 spiro atoms. The minimum absolute atomic E-state index is 0.145. The summed E-state index contributed by atoms with van der Waals surface area (Å²) < 4.78 is 3.00. The fourth-order valence-electron chi connectivity index (χ4n) is 2.00. The average Bonchev–Trinajstić information content (AvgIpc) is 3.00. The van der Waals surface area contributed by atoms with Gasteiger partial charge in [0.1, 0.15) is 0 Å². The standard InChI is InChI=1S/C17H14BrN3OS2/c1-11(12-5-4-6-13(18)9-12)20-21-16(22)10-23-17-19-14-7-2-3-8-15(14)24-17/h2-9H,10H2,1H3,(H,21,22)/b20-11+. The third-order valence-electron chi connectivity index (χ3n) is 3.19. The lowest BCUT2D eigenvalue weighted by atomic mass is 10.1. The quantitative estimate of drug-likeness (QED) is 0.370. The zero-order valence-electron chi connectivity index (χ0n) is 12.8. The molecule has 1 aromatic heterocycles. The Hall–Kier alpha value is -1.70. The number of amides is 1. The Labute approximate surface area is 156 Å². The van der Waals surface area contributed by atoms with Crippen LogP contribution >= 0.6 is 39.0 Å². The van der Waals surface area contributed by atoms with Crippen LogP contribution in [0.1, 0.15) is 12.5 Å². The maximum Gasteiger partial charge on any atom is 0.250 e. The molecule has 0 saturated carbocycles. The van der Waals surface area contributed by atoms with Gasteiger partial charge in [-0.3, -0.25) is 4.79 Å². The Balaban J connectivity index is 1.56. The van der Waals surface area contributed by atoms with Crippen molar-refractivity contribution in [3.8, 4) is 0 Å². The van der Waals surface area contributed by atoms with E-state index in [0.717, 1.165) is 30.3 Å². The number of fused-ring (bicyclic) bond motifs is 1. The molecule has 0 fully saturated rings. The van der Waals surface area contributed by atoms with Gasteiger partial charge in [0.15, 0.2) is 4.34 Å². The number of nitrogens with one attached hydrogen (secondary N) is 1. The van der Waals surface area contributed by atoms with Crippen molar-refractivity contribution in [3.63, 3.8) is 0 Å². The largest absolute Gasteiger partial charge is 0.272 e. The van der Waals surface area contributed by atoms with E-state index in [-0.39, 0.29) is 11.7 Å². The molecule has 0 atom stereocenters. The number of carbonyl (C=O) groups is 1. The zero-order chi connectivity index (χ0) is 16.9. The van der Waals surface area contributed by atoms with Crippen molar-refractivity contribution in [3.05, 3.63) is 58.6 Å². The van der Waals surface area contributed by atoms with E-state index < -0.39 is 0 Å². The highest BCUT2D eigenvalue weighted by molar-refractivity contribution is 9.10. The Morgan fingerprint density at radius 1 is 1.29 bits per heavy atom. The predicted octanol–water partition coefficient (Wildman–Crippen LogP) is 4.69. The summed E-state index contributed by atoms with van der Waals surface area (Å²) in [6.45, 7) is 1.86. The number of hydrogen-bond acceptors (Lipinski definition) is 5. The van der Waals surface area contributed by atoms with Crippen LogP contribution in [0.25, 0.3) is 10.2 Å². The first-order valence-corrected chi connectivity index (χ1v) is 9.79. The summed E-state index contributed by atoms with van der Waals surface area (Å²) in [4.78, 5) is 16.5. The molecule has 24 heavy (non-hydrogen) atoms. The van der Waals surface area contributed by atoms with Gasteiger partial charge < -0.3 is 0 Å². The number of carbonyl (C=O) groups excluding carboxylic acids is 1. The predicted molar refractivity (Wildman–Crippen MR) is 105 cm³/mol.